The molecule has 2 aromatic carbocycles. The van der Waals surface area contributed by atoms with E-state index < -0.39 is 0 Å². The van der Waals surface area contributed by atoms with Gasteiger partial charge in [0.2, 0.25) is 0 Å². The highest BCUT2D eigenvalue weighted by molar-refractivity contribution is 5.94. The maximum absolute atomic E-state index is 12.5. The normalized spacial score (nSPS) is 10.1. The van der Waals surface area contributed by atoms with Crippen molar-refractivity contribution in [2.75, 3.05) is 32.1 Å². The predicted molar refractivity (Wildman–Crippen MR) is 110 cm³/mol. The first-order valence-electron chi connectivity index (χ1n) is 9.03. The molecule has 148 valence electrons. The first kappa shape index (κ1) is 21.0. The summed E-state index contributed by atoms with van der Waals surface area (Å²) < 4.78 is 10.6. The van der Waals surface area contributed by atoms with Crippen molar-refractivity contribution >= 4 is 17.5 Å². The van der Waals surface area contributed by atoms with Crippen LogP contribution in [0.25, 0.3) is 0 Å². The van der Waals surface area contributed by atoms with E-state index in [9.17, 15) is 9.59 Å². The summed E-state index contributed by atoms with van der Waals surface area (Å²) in [6, 6.07) is 13.8. The van der Waals surface area contributed by atoms with Gasteiger partial charge in [-0.05, 0) is 50.2 Å². The van der Waals surface area contributed by atoms with Crippen molar-refractivity contribution in [3.8, 4) is 11.5 Å². The number of nitrogens with one attached hydrogen (secondary N) is 1. The highest BCUT2D eigenvalue weighted by Crippen LogP contribution is 2.17. The number of likely N-dealkylation sites (N-methyl/N-ethyl adjacent to an activating group) is 1. The molecule has 0 atom stereocenters. The van der Waals surface area contributed by atoms with E-state index in [0.29, 0.717) is 35.8 Å². The number of amides is 2. The summed E-state index contributed by atoms with van der Waals surface area (Å²) in [5.74, 6) is 0.826. The van der Waals surface area contributed by atoms with Crippen LogP contribution in [0.15, 0.2) is 60.7 Å². The third-order valence-corrected chi connectivity index (χ3v) is 3.95. The van der Waals surface area contributed by atoms with Gasteiger partial charge in [0.1, 0.15) is 11.5 Å². The second-order valence-corrected chi connectivity index (χ2v) is 6.37. The number of ether oxygens (including phenoxy) is 2. The maximum Gasteiger partial charge on any atom is 0.262 e. The lowest BCUT2D eigenvalue weighted by Crippen LogP contribution is -2.32. The predicted octanol–water partition coefficient (Wildman–Crippen LogP) is 3.75. The molecular weight excluding hydrogens is 356 g/mol. The first-order chi connectivity index (χ1) is 13.4. The van der Waals surface area contributed by atoms with Gasteiger partial charge in [0.15, 0.2) is 6.61 Å². The Balaban J connectivity index is 1.90. The van der Waals surface area contributed by atoms with Crippen LogP contribution in [-0.4, -0.2) is 43.5 Å². The monoisotopic (exact) mass is 382 g/mol. The van der Waals surface area contributed by atoms with Crippen molar-refractivity contribution in [2.45, 2.75) is 13.8 Å². The van der Waals surface area contributed by atoms with E-state index in [1.54, 1.807) is 60.5 Å². The number of anilines is 1. The highest BCUT2D eigenvalue weighted by Gasteiger charge is 2.14. The quantitative estimate of drug-likeness (QED) is 0.671. The lowest BCUT2D eigenvalue weighted by atomic mass is 10.1. The number of methoxy groups -OCH3 is 1. The van der Waals surface area contributed by atoms with E-state index in [1.165, 1.54) is 0 Å². The fourth-order valence-electron chi connectivity index (χ4n) is 2.58. The zero-order valence-corrected chi connectivity index (χ0v) is 16.5. The van der Waals surface area contributed by atoms with Gasteiger partial charge in [0, 0.05) is 30.4 Å². The van der Waals surface area contributed by atoms with Gasteiger partial charge in [-0.15, -0.1) is 0 Å². The number of carbonyl (C=O) groups is 2. The third kappa shape index (κ3) is 6.16. The summed E-state index contributed by atoms with van der Waals surface area (Å²) in [6.45, 7) is 8.67. The summed E-state index contributed by atoms with van der Waals surface area (Å²) in [5, 5.41) is 2.74. The van der Waals surface area contributed by atoms with Crippen LogP contribution >= 0.6 is 0 Å². The molecule has 0 heterocycles. The molecule has 6 heteroatoms. The van der Waals surface area contributed by atoms with Crippen molar-refractivity contribution in [1.29, 1.82) is 0 Å². The minimum Gasteiger partial charge on any atom is -0.497 e. The molecule has 0 aliphatic carbocycles. The summed E-state index contributed by atoms with van der Waals surface area (Å²) in [5.41, 5.74) is 2.12. The number of nitrogens with zero attached hydrogens (tertiary/aromatic N) is 1. The fraction of sp³-hybridized carbons (Fsp3) is 0.273. The van der Waals surface area contributed by atoms with Gasteiger partial charge in [0.25, 0.3) is 11.8 Å². The van der Waals surface area contributed by atoms with Gasteiger partial charge < -0.3 is 19.7 Å². The van der Waals surface area contributed by atoms with Gasteiger partial charge in [-0.3, -0.25) is 9.59 Å². The molecule has 0 aliphatic rings. The second kappa shape index (κ2) is 10.2. The Kier molecular flexibility index (Phi) is 7.63. The number of carbonyl (C=O) groups excluding carboxylic acids is 2. The average Bonchev–Trinajstić information content (AvgIpc) is 2.70. The van der Waals surface area contributed by atoms with Crippen LogP contribution in [-0.2, 0) is 4.79 Å². The zero-order valence-electron chi connectivity index (χ0n) is 16.5. The van der Waals surface area contributed by atoms with E-state index in [1.807, 2.05) is 13.8 Å². The Labute approximate surface area is 165 Å². The molecule has 0 spiro atoms. The van der Waals surface area contributed by atoms with Gasteiger partial charge in [0.05, 0.1) is 7.11 Å². The summed E-state index contributed by atoms with van der Waals surface area (Å²) in [4.78, 5) is 26.3. The Morgan fingerprint density at radius 2 is 1.82 bits per heavy atom. The highest BCUT2D eigenvalue weighted by atomic mass is 16.5. The van der Waals surface area contributed by atoms with E-state index in [0.717, 1.165) is 5.57 Å². The second-order valence-electron chi connectivity index (χ2n) is 6.37. The van der Waals surface area contributed by atoms with Crippen LogP contribution in [0.5, 0.6) is 11.5 Å². The fourth-order valence-corrected chi connectivity index (χ4v) is 2.58. The molecule has 0 saturated carbocycles. The van der Waals surface area contributed by atoms with Crippen LogP contribution in [0, 0.1) is 0 Å². The molecule has 2 amide bonds. The van der Waals surface area contributed by atoms with Crippen LogP contribution < -0.4 is 14.8 Å². The van der Waals surface area contributed by atoms with Gasteiger partial charge in [-0.1, -0.05) is 18.2 Å². The minimum absolute atomic E-state index is 0.0622. The average molecular weight is 382 g/mol. The SMILES string of the molecule is C=C(C)CN(CC)C(=O)c1ccc(OCC(=O)Nc2cccc(OC)c2)cc1. The number of rotatable bonds is 9. The van der Waals surface area contributed by atoms with Gasteiger partial charge in [-0.25, -0.2) is 0 Å². The molecule has 1 N–H and O–H groups in total. The van der Waals surface area contributed by atoms with E-state index >= 15 is 0 Å². The minimum atomic E-state index is -0.285. The Morgan fingerprint density at radius 3 is 2.43 bits per heavy atom. The number of hydrogen-bond donors (Lipinski definition) is 1. The maximum atomic E-state index is 12.5. The van der Waals surface area contributed by atoms with Crippen molar-refractivity contribution in [3.63, 3.8) is 0 Å². The van der Waals surface area contributed by atoms with Crippen LogP contribution in [0.3, 0.4) is 0 Å². The molecule has 0 unspecified atom stereocenters. The van der Waals surface area contributed by atoms with Crippen molar-refractivity contribution < 1.29 is 19.1 Å². The molecule has 28 heavy (non-hydrogen) atoms. The number of benzene rings is 2. The topological polar surface area (TPSA) is 67.9 Å². The number of hydrogen-bond acceptors (Lipinski definition) is 4. The lowest BCUT2D eigenvalue weighted by Gasteiger charge is -2.21. The molecule has 0 aliphatic heterocycles. The molecule has 0 radical (unpaired) electrons. The van der Waals surface area contributed by atoms with E-state index in [4.69, 9.17) is 9.47 Å². The van der Waals surface area contributed by atoms with Crippen LogP contribution in [0.4, 0.5) is 5.69 Å². The van der Waals surface area contributed by atoms with Crippen molar-refractivity contribution in [2.24, 2.45) is 0 Å². The summed E-state index contributed by atoms with van der Waals surface area (Å²) in [7, 11) is 1.57. The Morgan fingerprint density at radius 1 is 1.11 bits per heavy atom. The van der Waals surface area contributed by atoms with Gasteiger partial charge in [-0.2, -0.15) is 0 Å². The lowest BCUT2D eigenvalue weighted by molar-refractivity contribution is -0.118. The van der Waals surface area contributed by atoms with Crippen molar-refractivity contribution in [3.05, 3.63) is 66.2 Å². The molecule has 0 saturated heterocycles. The van der Waals surface area contributed by atoms with Gasteiger partial charge >= 0.3 is 0 Å². The summed E-state index contributed by atoms with van der Waals surface area (Å²) >= 11 is 0. The molecule has 0 aromatic heterocycles. The van der Waals surface area contributed by atoms with Crippen molar-refractivity contribution in [1.82, 2.24) is 4.90 Å². The smallest absolute Gasteiger partial charge is 0.262 e. The van der Waals surface area contributed by atoms with E-state index in [2.05, 4.69) is 11.9 Å². The molecule has 0 fully saturated rings. The molecule has 2 aromatic rings. The summed E-state index contributed by atoms with van der Waals surface area (Å²) in [6.07, 6.45) is 0. The molecular formula is C22H26N2O4. The Bertz CT molecular complexity index is 831. The standard InChI is InChI=1S/C22H26N2O4/c1-5-24(14-16(2)3)22(26)17-9-11-19(12-10-17)28-15-21(25)23-18-7-6-8-20(13-18)27-4/h6-13H,2,5,14-15H2,1,3-4H3,(H,23,25). The molecule has 2 rings (SSSR count). The Hall–Kier alpha value is -3.28. The van der Waals surface area contributed by atoms with Crippen LogP contribution in [0.1, 0.15) is 24.2 Å². The molecule has 6 nitrogen and oxygen atoms in total. The molecule has 0 bridgehead atoms. The van der Waals surface area contributed by atoms with Crippen LogP contribution in [0.2, 0.25) is 0 Å². The largest absolute Gasteiger partial charge is 0.497 e. The zero-order chi connectivity index (χ0) is 20.5. The third-order valence-electron chi connectivity index (χ3n) is 3.95. The van der Waals surface area contributed by atoms with E-state index in [-0.39, 0.29) is 18.4 Å². The first-order valence-corrected chi connectivity index (χ1v) is 9.03.